The Morgan fingerprint density at radius 2 is 1.59 bits per heavy atom. The van der Waals surface area contributed by atoms with Crippen molar-refractivity contribution in [3.63, 3.8) is 0 Å². The lowest BCUT2D eigenvalue weighted by molar-refractivity contribution is -0.137. The Bertz CT molecular complexity index is 1640. The highest BCUT2D eigenvalue weighted by atomic mass is 32.2. The highest BCUT2D eigenvalue weighted by Crippen LogP contribution is 2.48. The first kappa shape index (κ1) is 23.5. The molecule has 1 amide bonds. The molecule has 37 heavy (non-hydrogen) atoms. The molecular formula is C27H21N5O3S2. The number of aliphatic carboxylic acids is 1. The van der Waals surface area contributed by atoms with Gasteiger partial charge in [0.2, 0.25) is 11.1 Å². The maximum absolute atomic E-state index is 14.0. The van der Waals surface area contributed by atoms with Crippen LogP contribution in [0.1, 0.15) is 13.3 Å². The number of aromatic nitrogens is 4. The maximum Gasteiger partial charge on any atom is 0.323 e. The van der Waals surface area contributed by atoms with Gasteiger partial charge in [0.15, 0.2) is 5.65 Å². The molecule has 1 aliphatic rings. The molecule has 5 aromatic rings. The Balaban J connectivity index is 1.39. The minimum absolute atomic E-state index is 0.0672. The van der Waals surface area contributed by atoms with Gasteiger partial charge in [-0.25, -0.2) is 4.98 Å². The van der Waals surface area contributed by atoms with E-state index < -0.39 is 11.2 Å². The highest BCUT2D eigenvalue weighted by Gasteiger charge is 2.33. The van der Waals surface area contributed by atoms with Crippen LogP contribution in [0.25, 0.3) is 22.1 Å². The monoisotopic (exact) mass is 527 g/mol. The highest BCUT2D eigenvalue weighted by molar-refractivity contribution is 8.00. The zero-order chi connectivity index (χ0) is 25.5. The van der Waals surface area contributed by atoms with E-state index in [1.54, 1.807) is 21.2 Å². The van der Waals surface area contributed by atoms with Gasteiger partial charge in [0.25, 0.3) is 0 Å². The Morgan fingerprint density at radius 1 is 0.946 bits per heavy atom. The molecule has 3 heterocycles. The topological polar surface area (TPSA) is 101 Å². The number of carbonyl (C=O) groups is 2. The predicted octanol–water partition coefficient (Wildman–Crippen LogP) is 5.76. The van der Waals surface area contributed by atoms with Crippen LogP contribution in [-0.4, -0.2) is 42.0 Å². The number of carbonyl (C=O) groups excluding carboxylic acids is 1. The average molecular weight is 528 g/mol. The summed E-state index contributed by atoms with van der Waals surface area (Å²) in [6.07, 6.45) is 0.553. The number of amides is 1. The second-order valence-electron chi connectivity index (χ2n) is 8.49. The van der Waals surface area contributed by atoms with E-state index in [0.29, 0.717) is 22.7 Å². The van der Waals surface area contributed by atoms with Crippen LogP contribution in [0.5, 0.6) is 0 Å². The number of benzene rings is 3. The van der Waals surface area contributed by atoms with Crippen molar-refractivity contribution >= 4 is 68.8 Å². The summed E-state index contributed by atoms with van der Waals surface area (Å²) in [5.41, 5.74) is 3.41. The molecule has 0 radical (unpaired) electrons. The van der Waals surface area contributed by atoms with Crippen LogP contribution in [0, 0.1) is 0 Å². The van der Waals surface area contributed by atoms with Crippen molar-refractivity contribution < 1.29 is 14.7 Å². The van der Waals surface area contributed by atoms with Crippen molar-refractivity contribution in [3.8, 4) is 0 Å². The van der Waals surface area contributed by atoms with Gasteiger partial charge >= 0.3 is 5.97 Å². The summed E-state index contributed by atoms with van der Waals surface area (Å²) < 4.78 is 1.63. The van der Waals surface area contributed by atoms with Crippen LogP contribution < -0.4 is 4.90 Å². The van der Waals surface area contributed by atoms with Crippen LogP contribution in [0.3, 0.4) is 0 Å². The fourth-order valence-corrected chi connectivity index (χ4v) is 6.47. The summed E-state index contributed by atoms with van der Waals surface area (Å²) in [6, 6.07) is 23.2. The lowest BCUT2D eigenvalue weighted by Crippen LogP contribution is -2.35. The summed E-state index contributed by atoms with van der Waals surface area (Å²) >= 11 is 2.90. The van der Waals surface area contributed by atoms with Gasteiger partial charge in [0.05, 0.1) is 22.1 Å². The van der Waals surface area contributed by atoms with E-state index in [0.717, 1.165) is 32.1 Å². The molecule has 8 nitrogen and oxygen atoms in total. The van der Waals surface area contributed by atoms with Crippen molar-refractivity contribution in [3.05, 3.63) is 72.8 Å². The van der Waals surface area contributed by atoms with Crippen molar-refractivity contribution in [1.82, 2.24) is 19.7 Å². The third-order valence-electron chi connectivity index (χ3n) is 6.19. The molecule has 0 bridgehead atoms. The normalized spacial score (nSPS) is 13.4. The van der Waals surface area contributed by atoms with E-state index in [9.17, 15) is 14.7 Å². The van der Waals surface area contributed by atoms with Crippen molar-refractivity contribution in [2.24, 2.45) is 0 Å². The standard InChI is InChI=1S/C27H21N5O3S2/c1-2-20(26(35)32-18-11-5-7-13-21(18)36-22-14-8-6-12-19(22)32)37-27-28-25-24(29-30-27)16-9-3-4-10-17(16)31(25)15-23(33)34/h3-14,20H,2,15H2,1H3,(H,33,34). The Kier molecular flexibility index (Phi) is 6.05. The molecule has 3 aromatic carbocycles. The number of hydrogen-bond donors (Lipinski definition) is 1. The van der Waals surface area contributed by atoms with E-state index in [1.165, 1.54) is 11.8 Å². The van der Waals surface area contributed by atoms with E-state index in [4.69, 9.17) is 0 Å². The molecule has 1 atom stereocenters. The van der Waals surface area contributed by atoms with Crippen LogP contribution >= 0.6 is 23.5 Å². The van der Waals surface area contributed by atoms with E-state index in [1.807, 2.05) is 79.7 Å². The van der Waals surface area contributed by atoms with Gasteiger partial charge in [0, 0.05) is 15.2 Å². The van der Waals surface area contributed by atoms with E-state index in [-0.39, 0.29) is 12.5 Å². The summed E-state index contributed by atoms with van der Waals surface area (Å²) in [5.74, 6) is -1.04. The molecule has 6 rings (SSSR count). The fraction of sp³-hybridized carbons (Fsp3) is 0.148. The third-order valence-corrected chi connectivity index (χ3v) is 8.53. The molecule has 0 saturated carbocycles. The minimum atomic E-state index is -0.975. The quantitative estimate of drug-likeness (QED) is 0.278. The Morgan fingerprint density at radius 3 is 2.27 bits per heavy atom. The van der Waals surface area contributed by atoms with Crippen molar-refractivity contribution in [2.45, 2.75) is 40.1 Å². The molecule has 0 spiro atoms. The number of hydrogen-bond acceptors (Lipinski definition) is 7. The number of fused-ring (bicyclic) bond motifs is 5. The molecule has 0 fully saturated rings. The molecule has 1 unspecified atom stereocenters. The first-order valence-electron chi connectivity index (χ1n) is 11.7. The van der Waals surface area contributed by atoms with Crippen LogP contribution in [-0.2, 0) is 16.1 Å². The zero-order valence-electron chi connectivity index (χ0n) is 19.7. The third kappa shape index (κ3) is 4.11. The second-order valence-corrected chi connectivity index (χ2v) is 10.7. The van der Waals surface area contributed by atoms with Gasteiger partial charge < -0.3 is 9.67 Å². The summed E-state index contributed by atoms with van der Waals surface area (Å²) in [4.78, 5) is 34.1. The fourth-order valence-electron chi connectivity index (χ4n) is 4.56. The average Bonchev–Trinajstić information content (AvgIpc) is 3.22. The number of nitrogens with zero attached hydrogens (tertiary/aromatic N) is 5. The number of carboxylic acids is 1. The molecule has 184 valence electrons. The number of para-hydroxylation sites is 3. The number of anilines is 2. The van der Waals surface area contributed by atoms with Gasteiger partial charge in [0.1, 0.15) is 12.1 Å². The SMILES string of the molecule is CCC(Sc1nnc2c3ccccc3n(CC(=O)O)c2n1)C(=O)N1c2ccccc2Sc2ccccc21. The molecule has 0 aliphatic carbocycles. The van der Waals surface area contributed by atoms with Crippen LogP contribution in [0.4, 0.5) is 11.4 Å². The smallest absolute Gasteiger partial charge is 0.323 e. The minimum Gasteiger partial charge on any atom is -0.480 e. The predicted molar refractivity (Wildman–Crippen MR) is 145 cm³/mol. The molecule has 1 aliphatic heterocycles. The Hall–Kier alpha value is -3.89. The van der Waals surface area contributed by atoms with Gasteiger partial charge in [-0.2, -0.15) is 0 Å². The van der Waals surface area contributed by atoms with E-state index in [2.05, 4.69) is 15.2 Å². The second kappa shape index (κ2) is 9.53. The number of thioether (sulfide) groups is 1. The maximum atomic E-state index is 14.0. The van der Waals surface area contributed by atoms with Gasteiger partial charge in [-0.3, -0.25) is 14.5 Å². The molecular weight excluding hydrogens is 506 g/mol. The first-order valence-corrected chi connectivity index (χ1v) is 13.4. The zero-order valence-corrected chi connectivity index (χ0v) is 21.4. The van der Waals surface area contributed by atoms with E-state index >= 15 is 0 Å². The molecule has 1 N–H and O–H groups in total. The van der Waals surface area contributed by atoms with Crippen molar-refractivity contribution in [1.29, 1.82) is 0 Å². The lowest BCUT2D eigenvalue weighted by Gasteiger charge is -2.33. The largest absolute Gasteiger partial charge is 0.480 e. The molecule has 10 heteroatoms. The lowest BCUT2D eigenvalue weighted by atomic mass is 10.2. The van der Waals surface area contributed by atoms with Gasteiger partial charge in [-0.1, -0.05) is 72.9 Å². The van der Waals surface area contributed by atoms with Crippen LogP contribution in [0.15, 0.2) is 87.7 Å². The van der Waals surface area contributed by atoms with Crippen LogP contribution in [0.2, 0.25) is 0 Å². The Labute approximate surface area is 220 Å². The van der Waals surface area contributed by atoms with Gasteiger partial charge in [-0.15, -0.1) is 10.2 Å². The first-order chi connectivity index (χ1) is 18.0. The molecule has 2 aromatic heterocycles. The summed E-state index contributed by atoms with van der Waals surface area (Å²) in [7, 11) is 0. The van der Waals surface area contributed by atoms with Gasteiger partial charge in [-0.05, 0) is 36.8 Å². The van der Waals surface area contributed by atoms with Crippen molar-refractivity contribution in [2.75, 3.05) is 4.90 Å². The summed E-state index contributed by atoms with van der Waals surface area (Å²) in [5, 5.41) is 18.9. The number of rotatable bonds is 6. The molecule has 0 saturated heterocycles. The summed E-state index contributed by atoms with van der Waals surface area (Å²) in [6.45, 7) is 1.71. The number of carboxylic acid groups (broad SMARTS) is 1.